The lowest BCUT2D eigenvalue weighted by atomic mass is 11.0. The Morgan fingerprint density at radius 2 is 1.33 bits per heavy atom. The molecule has 0 fully saturated rings. The minimum absolute atomic E-state index is 1.40. The van der Waals surface area contributed by atoms with Crippen LogP contribution in [-0.4, -0.2) is 28.8 Å². The van der Waals surface area contributed by atoms with E-state index in [9.17, 15) is 0 Å². The predicted molar refractivity (Wildman–Crippen MR) is 46.0 cm³/mol. The lowest BCUT2D eigenvalue weighted by Gasteiger charge is -1.95. The maximum Gasteiger partial charge on any atom is 0.0708 e. The van der Waals surface area contributed by atoms with Crippen LogP contribution in [0, 0.1) is 0 Å². The molecule has 2 aromatic rings. The van der Waals surface area contributed by atoms with Crippen molar-refractivity contribution in [1.29, 1.82) is 0 Å². The van der Waals surface area contributed by atoms with Crippen LogP contribution in [0.15, 0.2) is 24.8 Å². The number of aromatic nitrogens is 6. The Morgan fingerprint density at radius 3 is 1.67 bits per heavy atom. The first-order valence-corrected chi connectivity index (χ1v) is 5.09. The van der Waals surface area contributed by atoms with E-state index in [4.69, 9.17) is 0 Å². The maximum absolute atomic E-state index is 3.76. The molecule has 2 aromatic heterocycles. The lowest BCUT2D eigenvalue weighted by Crippen LogP contribution is -1.89. The van der Waals surface area contributed by atoms with Crippen molar-refractivity contribution in [2.75, 3.05) is 0 Å². The highest BCUT2D eigenvalue weighted by atomic mass is 33.1. The number of hydrogen-bond acceptors (Lipinski definition) is 6. The summed E-state index contributed by atoms with van der Waals surface area (Å²) in [5.74, 6) is 0. The Balaban J connectivity index is 1.91. The minimum atomic E-state index is 1.40. The van der Waals surface area contributed by atoms with Crippen molar-refractivity contribution in [2.24, 2.45) is 0 Å². The van der Waals surface area contributed by atoms with E-state index in [-0.39, 0.29) is 0 Å². The molecule has 0 radical (unpaired) electrons. The summed E-state index contributed by atoms with van der Waals surface area (Å²) in [6, 6.07) is 0. The van der Waals surface area contributed by atoms with Crippen LogP contribution < -0.4 is 0 Å². The average Bonchev–Trinajstić information content (AvgIpc) is 2.74. The molecule has 0 atom stereocenters. The molecule has 0 unspecified atom stereocenters. The smallest absolute Gasteiger partial charge is 0.0708 e. The van der Waals surface area contributed by atoms with Gasteiger partial charge in [-0.1, -0.05) is 10.4 Å². The molecule has 0 aliphatic rings. The molecule has 0 N–H and O–H groups in total. The van der Waals surface area contributed by atoms with Gasteiger partial charge in [0.05, 0.1) is 46.7 Å². The zero-order valence-corrected chi connectivity index (χ0v) is 7.44. The van der Waals surface area contributed by atoms with Gasteiger partial charge in [-0.15, -0.1) is 10.2 Å². The Morgan fingerprint density at radius 1 is 0.833 bits per heavy atom. The first kappa shape index (κ1) is 7.62. The van der Waals surface area contributed by atoms with Crippen molar-refractivity contribution < 1.29 is 0 Å². The second-order valence-electron chi connectivity index (χ2n) is 1.76. The Bertz CT molecular complexity index is 281. The molecule has 0 saturated heterocycles. The molecule has 6 nitrogen and oxygen atoms in total. The SMILES string of the molecule is c1cn(SSn2ccnn2)nn1. The molecule has 0 saturated carbocycles. The molecule has 8 heteroatoms. The van der Waals surface area contributed by atoms with E-state index in [0.717, 1.165) is 0 Å². The third-order valence-corrected chi connectivity index (χ3v) is 2.87. The first-order valence-electron chi connectivity index (χ1n) is 3.03. The van der Waals surface area contributed by atoms with Crippen LogP contribution in [0.25, 0.3) is 0 Å². The standard InChI is InChI=1S/C4H4N6S2/c1-3-9(7-5-1)11-12-10-4-2-6-8-10/h1-4H. The molecule has 0 spiro atoms. The fourth-order valence-corrected chi connectivity index (χ4v) is 1.92. The van der Waals surface area contributed by atoms with Gasteiger partial charge in [0.25, 0.3) is 0 Å². The minimum Gasteiger partial charge on any atom is -0.181 e. The van der Waals surface area contributed by atoms with Gasteiger partial charge in [0.2, 0.25) is 0 Å². The Kier molecular flexibility index (Phi) is 2.28. The molecule has 0 aliphatic heterocycles. The second-order valence-corrected chi connectivity index (χ2v) is 3.70. The predicted octanol–water partition coefficient (Wildman–Crippen LogP) is 0.477. The summed E-state index contributed by atoms with van der Waals surface area (Å²) in [4.78, 5) is 0. The zero-order chi connectivity index (χ0) is 8.23. The molecule has 0 amide bonds. The maximum atomic E-state index is 3.76. The largest absolute Gasteiger partial charge is 0.181 e. The normalized spacial score (nSPS) is 10.3. The third-order valence-electron chi connectivity index (χ3n) is 0.987. The topological polar surface area (TPSA) is 61.4 Å². The fraction of sp³-hybridized carbons (Fsp3) is 0. The van der Waals surface area contributed by atoms with E-state index >= 15 is 0 Å². The third kappa shape index (κ3) is 1.77. The van der Waals surface area contributed by atoms with Gasteiger partial charge >= 0.3 is 0 Å². The summed E-state index contributed by atoms with van der Waals surface area (Å²) in [6.07, 6.45) is 6.76. The Hall–Kier alpha value is -1.02. The fourth-order valence-electron chi connectivity index (χ4n) is 0.543. The zero-order valence-electron chi connectivity index (χ0n) is 5.81. The molecular weight excluding hydrogens is 196 g/mol. The molecule has 0 bridgehead atoms. The molecule has 12 heavy (non-hydrogen) atoms. The van der Waals surface area contributed by atoms with Crippen LogP contribution in [0.4, 0.5) is 0 Å². The summed E-state index contributed by atoms with van der Waals surface area (Å²) in [7, 11) is 2.81. The highest BCUT2D eigenvalue weighted by Crippen LogP contribution is 2.21. The summed E-state index contributed by atoms with van der Waals surface area (Å²) < 4.78 is 3.26. The van der Waals surface area contributed by atoms with Crippen molar-refractivity contribution in [1.82, 2.24) is 28.8 Å². The number of rotatable bonds is 3. The van der Waals surface area contributed by atoms with Gasteiger partial charge in [-0.05, 0) is 0 Å². The quantitative estimate of drug-likeness (QED) is 0.671. The highest BCUT2D eigenvalue weighted by molar-refractivity contribution is 8.75. The summed E-state index contributed by atoms with van der Waals surface area (Å²) in [6.45, 7) is 0. The molecule has 2 heterocycles. The van der Waals surface area contributed by atoms with E-state index < -0.39 is 0 Å². The van der Waals surface area contributed by atoms with Crippen molar-refractivity contribution in [2.45, 2.75) is 0 Å². The van der Waals surface area contributed by atoms with Gasteiger partial charge in [0.15, 0.2) is 0 Å². The van der Waals surface area contributed by atoms with Crippen LogP contribution >= 0.6 is 22.0 Å². The van der Waals surface area contributed by atoms with Crippen molar-refractivity contribution >= 4 is 22.0 Å². The van der Waals surface area contributed by atoms with Crippen LogP contribution in [-0.2, 0) is 0 Å². The Labute approximate surface area is 76.0 Å². The van der Waals surface area contributed by atoms with Gasteiger partial charge in [0, 0.05) is 0 Å². The number of hydrogen-bond donors (Lipinski definition) is 0. The average molecular weight is 200 g/mol. The summed E-state index contributed by atoms with van der Waals surface area (Å²) >= 11 is 0. The molecular formula is C4H4N6S2. The summed E-state index contributed by atoms with van der Waals surface area (Å²) in [5.41, 5.74) is 0. The van der Waals surface area contributed by atoms with Crippen molar-refractivity contribution in [3.8, 4) is 0 Å². The van der Waals surface area contributed by atoms with Crippen molar-refractivity contribution in [3.05, 3.63) is 24.8 Å². The monoisotopic (exact) mass is 200 g/mol. The van der Waals surface area contributed by atoms with E-state index in [0.29, 0.717) is 0 Å². The lowest BCUT2D eigenvalue weighted by molar-refractivity contribution is 0.888. The van der Waals surface area contributed by atoms with Crippen LogP contribution in [0.3, 0.4) is 0 Å². The van der Waals surface area contributed by atoms with E-state index in [1.807, 2.05) is 0 Å². The summed E-state index contributed by atoms with van der Waals surface area (Å²) in [5, 5.41) is 14.8. The molecule has 62 valence electrons. The van der Waals surface area contributed by atoms with Gasteiger partial charge in [-0.25, -0.2) is 0 Å². The van der Waals surface area contributed by atoms with E-state index in [2.05, 4.69) is 20.6 Å². The van der Waals surface area contributed by atoms with Gasteiger partial charge in [0.1, 0.15) is 0 Å². The van der Waals surface area contributed by atoms with Crippen molar-refractivity contribution in [3.63, 3.8) is 0 Å². The second kappa shape index (κ2) is 3.59. The van der Waals surface area contributed by atoms with Crippen LogP contribution in [0.5, 0.6) is 0 Å². The van der Waals surface area contributed by atoms with Gasteiger partial charge in [-0.3, -0.25) is 0 Å². The van der Waals surface area contributed by atoms with Crippen LogP contribution in [0.2, 0.25) is 0 Å². The molecule has 0 aliphatic carbocycles. The first-order chi connectivity index (χ1) is 5.95. The van der Waals surface area contributed by atoms with Gasteiger partial charge in [-0.2, -0.15) is 8.17 Å². The van der Waals surface area contributed by atoms with E-state index in [1.165, 1.54) is 22.0 Å². The number of nitrogens with zero attached hydrogens (tertiary/aromatic N) is 6. The van der Waals surface area contributed by atoms with Crippen LogP contribution in [0.1, 0.15) is 0 Å². The molecule has 0 aromatic carbocycles. The van der Waals surface area contributed by atoms with Gasteiger partial charge < -0.3 is 0 Å². The van der Waals surface area contributed by atoms with E-state index in [1.54, 1.807) is 33.0 Å². The molecule has 2 rings (SSSR count). The highest BCUT2D eigenvalue weighted by Gasteiger charge is 1.95.